The van der Waals surface area contributed by atoms with Crippen molar-refractivity contribution in [3.63, 3.8) is 0 Å². The predicted octanol–water partition coefficient (Wildman–Crippen LogP) is 1.16. The smallest absolute Gasteiger partial charge is 0.250 e. The number of ether oxygens (including phenoxy) is 1. The Morgan fingerprint density at radius 1 is 1.60 bits per heavy atom. The second-order valence-electron chi connectivity index (χ2n) is 5.18. The number of amides is 1. The highest BCUT2D eigenvalue weighted by Crippen LogP contribution is 2.27. The highest BCUT2D eigenvalue weighted by Gasteiger charge is 2.38. The largest absolute Gasteiger partial charge is 0.495 e. The number of hydrogen-bond acceptors (Lipinski definition) is 4. The van der Waals surface area contributed by atoms with Crippen molar-refractivity contribution in [3.8, 4) is 5.75 Å². The van der Waals surface area contributed by atoms with Crippen molar-refractivity contribution in [3.05, 3.63) is 28.8 Å². The number of benzene rings is 1. The number of carbonyl (C=O) groups is 1. The van der Waals surface area contributed by atoms with Crippen molar-refractivity contribution < 1.29 is 14.6 Å². The Labute approximate surface area is 123 Å². The van der Waals surface area contributed by atoms with Crippen molar-refractivity contribution in [2.75, 3.05) is 20.2 Å². The van der Waals surface area contributed by atoms with Gasteiger partial charge in [-0.15, -0.1) is 0 Å². The number of halogens is 1. The van der Waals surface area contributed by atoms with Gasteiger partial charge in [0.1, 0.15) is 5.75 Å². The van der Waals surface area contributed by atoms with Crippen LogP contribution in [0.4, 0.5) is 0 Å². The molecule has 0 bridgehead atoms. The van der Waals surface area contributed by atoms with Crippen LogP contribution in [0.1, 0.15) is 18.4 Å². The monoisotopic (exact) mass is 298 g/mol. The summed E-state index contributed by atoms with van der Waals surface area (Å²) in [6.07, 6.45) is 1.16. The molecule has 6 heteroatoms. The number of likely N-dealkylation sites (tertiary alicyclic amines) is 1. The lowest BCUT2D eigenvalue weighted by Gasteiger charge is -2.37. The molecule has 1 aromatic rings. The van der Waals surface area contributed by atoms with Gasteiger partial charge in [0, 0.05) is 13.1 Å². The predicted molar refractivity (Wildman–Crippen MR) is 76.7 cm³/mol. The molecule has 5 nitrogen and oxygen atoms in total. The molecule has 0 radical (unpaired) electrons. The zero-order valence-electron chi connectivity index (χ0n) is 11.4. The number of aliphatic hydroxyl groups is 1. The second kappa shape index (κ2) is 5.99. The Hall–Kier alpha value is -1.30. The van der Waals surface area contributed by atoms with Crippen LogP contribution in [0.5, 0.6) is 5.75 Å². The summed E-state index contributed by atoms with van der Waals surface area (Å²) in [7, 11) is 1.57. The van der Waals surface area contributed by atoms with Crippen molar-refractivity contribution >= 4 is 17.5 Å². The Bertz CT molecular complexity index is 509. The first-order chi connectivity index (χ1) is 9.44. The number of nitrogens with two attached hydrogens (primary N) is 1. The van der Waals surface area contributed by atoms with E-state index in [2.05, 4.69) is 0 Å². The number of β-amino-alcohol motifs (C(OH)–C–C–N with tert-alkyl or cyclic N) is 1. The maximum atomic E-state index is 11.3. The van der Waals surface area contributed by atoms with E-state index in [9.17, 15) is 9.90 Å². The molecule has 1 heterocycles. The highest BCUT2D eigenvalue weighted by atomic mass is 35.5. The molecule has 1 saturated heterocycles. The van der Waals surface area contributed by atoms with Gasteiger partial charge in [0.25, 0.3) is 5.91 Å². The van der Waals surface area contributed by atoms with E-state index >= 15 is 0 Å². The summed E-state index contributed by atoms with van der Waals surface area (Å²) in [6, 6.07) is 5.56. The standard InChI is InChI=1S/C14H19ClN2O3/c1-20-12-4-3-10(7-11(12)15)8-17-6-2-5-14(19,9-17)13(16)18/h3-4,7,19H,2,5-6,8-9H2,1H3,(H2,16,18). The highest BCUT2D eigenvalue weighted by molar-refractivity contribution is 6.32. The number of nitrogens with zero attached hydrogens (tertiary/aromatic N) is 1. The van der Waals surface area contributed by atoms with Gasteiger partial charge in [-0.25, -0.2) is 0 Å². The minimum atomic E-state index is -1.42. The first kappa shape index (κ1) is 15.1. The fraction of sp³-hybridized carbons (Fsp3) is 0.500. The molecule has 1 amide bonds. The van der Waals surface area contributed by atoms with Gasteiger partial charge in [-0.05, 0) is 37.1 Å². The lowest BCUT2D eigenvalue weighted by atomic mass is 9.92. The average Bonchev–Trinajstić information content (AvgIpc) is 2.39. The van der Waals surface area contributed by atoms with Crippen LogP contribution in [0.2, 0.25) is 5.02 Å². The van der Waals surface area contributed by atoms with E-state index in [-0.39, 0.29) is 6.54 Å². The zero-order valence-corrected chi connectivity index (χ0v) is 12.2. The molecular weight excluding hydrogens is 280 g/mol. The molecule has 3 N–H and O–H groups in total. The average molecular weight is 299 g/mol. The molecule has 20 heavy (non-hydrogen) atoms. The summed E-state index contributed by atoms with van der Waals surface area (Å²) in [4.78, 5) is 13.3. The molecule has 2 rings (SSSR count). The Kier molecular flexibility index (Phi) is 4.52. The maximum absolute atomic E-state index is 11.3. The van der Waals surface area contributed by atoms with Crippen LogP contribution in [0.25, 0.3) is 0 Å². The van der Waals surface area contributed by atoms with E-state index in [0.717, 1.165) is 18.5 Å². The first-order valence-corrected chi connectivity index (χ1v) is 6.89. The van der Waals surface area contributed by atoms with E-state index in [1.54, 1.807) is 7.11 Å². The Balaban J connectivity index is 2.06. The van der Waals surface area contributed by atoms with E-state index in [1.165, 1.54) is 0 Å². The zero-order chi connectivity index (χ0) is 14.8. The van der Waals surface area contributed by atoms with E-state index in [0.29, 0.717) is 23.7 Å². The van der Waals surface area contributed by atoms with Gasteiger partial charge >= 0.3 is 0 Å². The van der Waals surface area contributed by atoms with Crippen LogP contribution in [-0.2, 0) is 11.3 Å². The summed E-state index contributed by atoms with van der Waals surface area (Å²) < 4.78 is 5.11. The second-order valence-corrected chi connectivity index (χ2v) is 5.59. The molecule has 0 saturated carbocycles. The molecule has 0 aromatic heterocycles. The molecule has 1 aliphatic heterocycles. The maximum Gasteiger partial charge on any atom is 0.250 e. The van der Waals surface area contributed by atoms with Gasteiger partial charge in [-0.1, -0.05) is 17.7 Å². The quantitative estimate of drug-likeness (QED) is 0.875. The third-order valence-corrected chi connectivity index (χ3v) is 3.93. The molecule has 1 fully saturated rings. The fourth-order valence-corrected chi connectivity index (χ4v) is 2.81. The van der Waals surface area contributed by atoms with Crippen LogP contribution >= 0.6 is 11.6 Å². The third kappa shape index (κ3) is 3.23. The number of hydrogen-bond donors (Lipinski definition) is 2. The minimum absolute atomic E-state index is 0.256. The number of carbonyl (C=O) groups excluding carboxylic acids is 1. The van der Waals surface area contributed by atoms with Crippen LogP contribution in [0.15, 0.2) is 18.2 Å². The topological polar surface area (TPSA) is 75.8 Å². The Morgan fingerprint density at radius 3 is 2.95 bits per heavy atom. The molecule has 0 spiro atoms. The third-order valence-electron chi connectivity index (χ3n) is 3.63. The number of methoxy groups -OCH3 is 1. The first-order valence-electron chi connectivity index (χ1n) is 6.52. The Morgan fingerprint density at radius 2 is 2.35 bits per heavy atom. The lowest BCUT2D eigenvalue weighted by Crippen LogP contribution is -2.55. The molecule has 1 aromatic carbocycles. The molecule has 110 valence electrons. The summed E-state index contributed by atoms with van der Waals surface area (Å²) in [5.74, 6) is -0.0299. The van der Waals surface area contributed by atoms with Crippen molar-refractivity contribution in [1.29, 1.82) is 0 Å². The SMILES string of the molecule is COc1ccc(CN2CCCC(O)(C(N)=O)C2)cc1Cl. The van der Waals surface area contributed by atoms with Crippen LogP contribution in [0.3, 0.4) is 0 Å². The molecule has 1 unspecified atom stereocenters. The summed E-state index contributed by atoms with van der Waals surface area (Å²) in [5, 5.41) is 10.7. The molecular formula is C14H19ClN2O3. The minimum Gasteiger partial charge on any atom is -0.495 e. The van der Waals surface area contributed by atoms with E-state index in [4.69, 9.17) is 22.1 Å². The van der Waals surface area contributed by atoms with Crippen molar-refractivity contribution in [2.45, 2.75) is 25.0 Å². The van der Waals surface area contributed by atoms with Crippen molar-refractivity contribution in [2.24, 2.45) is 5.73 Å². The van der Waals surface area contributed by atoms with Crippen LogP contribution in [-0.4, -0.2) is 41.7 Å². The lowest BCUT2D eigenvalue weighted by molar-refractivity contribution is -0.142. The normalized spacial score (nSPS) is 23.6. The van der Waals surface area contributed by atoms with Crippen LogP contribution < -0.4 is 10.5 Å². The van der Waals surface area contributed by atoms with Gasteiger partial charge in [0.05, 0.1) is 12.1 Å². The summed E-state index contributed by atoms with van der Waals surface area (Å²) >= 11 is 6.09. The van der Waals surface area contributed by atoms with Gasteiger partial charge in [-0.3, -0.25) is 9.69 Å². The molecule has 0 aliphatic carbocycles. The molecule has 1 aliphatic rings. The van der Waals surface area contributed by atoms with E-state index in [1.807, 2.05) is 23.1 Å². The number of primary amides is 1. The fourth-order valence-electron chi connectivity index (χ4n) is 2.53. The van der Waals surface area contributed by atoms with Gasteiger partial charge in [0.15, 0.2) is 5.60 Å². The van der Waals surface area contributed by atoms with E-state index < -0.39 is 11.5 Å². The van der Waals surface area contributed by atoms with Gasteiger partial charge < -0.3 is 15.6 Å². The number of piperidine rings is 1. The van der Waals surface area contributed by atoms with Gasteiger partial charge in [0.2, 0.25) is 0 Å². The van der Waals surface area contributed by atoms with Gasteiger partial charge in [-0.2, -0.15) is 0 Å². The van der Waals surface area contributed by atoms with Crippen LogP contribution in [0, 0.1) is 0 Å². The summed E-state index contributed by atoms with van der Waals surface area (Å²) in [5.41, 5.74) is 4.85. The number of rotatable bonds is 4. The molecule has 1 atom stereocenters. The summed E-state index contributed by atoms with van der Waals surface area (Å²) in [6.45, 7) is 1.69. The van der Waals surface area contributed by atoms with Crippen molar-refractivity contribution in [1.82, 2.24) is 4.90 Å².